The molecule has 5 nitrogen and oxygen atoms in total. The molecule has 0 aliphatic heterocycles. The molecule has 0 fully saturated rings. The summed E-state index contributed by atoms with van der Waals surface area (Å²) in [7, 11) is -3.49. The monoisotopic (exact) mass is 329 g/mol. The standard InChI is InChI=1S/C11H12BrN3O2S/c12-11(9-4-2-1-3-5-9)8-15-18(16,17)10-6-13-14-7-10/h1-7,11,15H,8H2,(H,13,14). The van der Waals surface area contributed by atoms with Gasteiger partial charge in [0.2, 0.25) is 10.0 Å². The maximum absolute atomic E-state index is 11.8. The molecule has 1 heterocycles. The maximum atomic E-state index is 11.8. The Bertz CT molecular complexity index is 584. The summed E-state index contributed by atoms with van der Waals surface area (Å²) in [5.41, 5.74) is 1.02. The van der Waals surface area contributed by atoms with Gasteiger partial charge in [0.15, 0.2) is 0 Å². The van der Waals surface area contributed by atoms with Crippen molar-refractivity contribution in [1.29, 1.82) is 0 Å². The van der Waals surface area contributed by atoms with E-state index in [9.17, 15) is 8.42 Å². The van der Waals surface area contributed by atoms with Crippen LogP contribution in [-0.4, -0.2) is 25.2 Å². The van der Waals surface area contributed by atoms with E-state index >= 15 is 0 Å². The fraction of sp³-hybridized carbons (Fsp3) is 0.182. The number of rotatable bonds is 5. The molecule has 7 heteroatoms. The molecule has 0 radical (unpaired) electrons. The molecule has 1 aromatic carbocycles. The van der Waals surface area contributed by atoms with Crippen LogP contribution in [0.4, 0.5) is 0 Å². The molecule has 18 heavy (non-hydrogen) atoms. The molecule has 1 atom stereocenters. The number of alkyl halides is 1. The minimum Gasteiger partial charge on any atom is -0.284 e. The van der Waals surface area contributed by atoms with Crippen LogP contribution in [0.5, 0.6) is 0 Å². The summed E-state index contributed by atoms with van der Waals surface area (Å²) >= 11 is 3.45. The largest absolute Gasteiger partial charge is 0.284 e. The molecule has 2 N–H and O–H groups in total. The molecule has 0 amide bonds. The van der Waals surface area contributed by atoms with Gasteiger partial charge in [0.25, 0.3) is 0 Å². The molecule has 0 aliphatic carbocycles. The van der Waals surface area contributed by atoms with Crippen molar-refractivity contribution in [2.24, 2.45) is 0 Å². The first-order valence-electron chi connectivity index (χ1n) is 5.27. The van der Waals surface area contributed by atoms with Gasteiger partial charge in [-0.05, 0) is 5.56 Å². The van der Waals surface area contributed by atoms with Gasteiger partial charge in [-0.25, -0.2) is 13.1 Å². The van der Waals surface area contributed by atoms with Crippen LogP contribution < -0.4 is 4.72 Å². The van der Waals surface area contributed by atoms with E-state index in [1.54, 1.807) is 0 Å². The highest BCUT2D eigenvalue weighted by molar-refractivity contribution is 9.09. The molecule has 96 valence electrons. The van der Waals surface area contributed by atoms with E-state index in [1.807, 2.05) is 30.3 Å². The van der Waals surface area contributed by atoms with Crippen LogP contribution in [-0.2, 0) is 10.0 Å². The summed E-state index contributed by atoms with van der Waals surface area (Å²) in [5, 5.41) is 6.09. The van der Waals surface area contributed by atoms with Crippen molar-refractivity contribution in [3.63, 3.8) is 0 Å². The van der Waals surface area contributed by atoms with E-state index in [0.29, 0.717) is 0 Å². The van der Waals surface area contributed by atoms with E-state index in [1.165, 1.54) is 12.4 Å². The zero-order valence-corrected chi connectivity index (χ0v) is 11.8. The summed E-state index contributed by atoms with van der Waals surface area (Å²) in [6.07, 6.45) is 2.61. The lowest BCUT2D eigenvalue weighted by atomic mass is 10.2. The van der Waals surface area contributed by atoms with Crippen molar-refractivity contribution in [2.75, 3.05) is 6.54 Å². The predicted molar refractivity (Wildman–Crippen MR) is 71.9 cm³/mol. The summed E-state index contributed by atoms with van der Waals surface area (Å²) in [4.78, 5) is 0.0654. The molecule has 2 rings (SSSR count). The third-order valence-corrected chi connectivity index (χ3v) is 4.64. The van der Waals surface area contributed by atoms with Gasteiger partial charge in [-0.3, -0.25) is 5.10 Å². The second kappa shape index (κ2) is 5.64. The topological polar surface area (TPSA) is 74.8 Å². The Kier molecular flexibility index (Phi) is 4.15. The smallest absolute Gasteiger partial charge is 0.243 e. The Morgan fingerprint density at radius 3 is 2.67 bits per heavy atom. The highest BCUT2D eigenvalue weighted by Gasteiger charge is 2.17. The summed E-state index contributed by atoms with van der Waals surface area (Å²) in [6.45, 7) is 0.275. The fourth-order valence-electron chi connectivity index (χ4n) is 1.43. The molecular weight excluding hydrogens is 318 g/mol. The van der Waals surface area contributed by atoms with Crippen molar-refractivity contribution in [3.8, 4) is 0 Å². The van der Waals surface area contributed by atoms with E-state index in [0.717, 1.165) is 5.56 Å². The number of aromatic nitrogens is 2. The summed E-state index contributed by atoms with van der Waals surface area (Å²) in [5.74, 6) is 0. The lowest BCUT2D eigenvalue weighted by Gasteiger charge is -2.11. The first kappa shape index (κ1) is 13.3. The molecular formula is C11H12BrN3O2S. The quantitative estimate of drug-likeness (QED) is 0.821. The normalized spacial score (nSPS) is 13.4. The molecule has 1 unspecified atom stereocenters. The molecule has 0 saturated heterocycles. The second-order valence-electron chi connectivity index (χ2n) is 3.66. The van der Waals surface area contributed by atoms with Crippen LogP contribution in [0.1, 0.15) is 10.4 Å². The number of aromatic amines is 1. The maximum Gasteiger partial charge on any atom is 0.243 e. The van der Waals surface area contributed by atoms with E-state index in [4.69, 9.17) is 0 Å². The van der Waals surface area contributed by atoms with Crippen LogP contribution in [0.15, 0.2) is 47.6 Å². The Hall–Kier alpha value is -1.18. The molecule has 0 bridgehead atoms. The van der Waals surface area contributed by atoms with Gasteiger partial charge in [-0.2, -0.15) is 5.10 Å². The van der Waals surface area contributed by atoms with Crippen LogP contribution in [0.25, 0.3) is 0 Å². The van der Waals surface area contributed by atoms with Gasteiger partial charge >= 0.3 is 0 Å². The number of nitrogens with one attached hydrogen (secondary N) is 2. The van der Waals surface area contributed by atoms with Gasteiger partial charge < -0.3 is 0 Å². The van der Waals surface area contributed by atoms with Gasteiger partial charge in [-0.1, -0.05) is 46.3 Å². The van der Waals surface area contributed by atoms with Crippen LogP contribution in [0, 0.1) is 0 Å². The SMILES string of the molecule is O=S(=O)(NCC(Br)c1ccccc1)c1cn[nH]c1. The van der Waals surface area contributed by atoms with Crippen molar-refractivity contribution >= 4 is 26.0 Å². The number of hydrogen-bond acceptors (Lipinski definition) is 3. The Morgan fingerprint density at radius 1 is 1.33 bits per heavy atom. The van der Waals surface area contributed by atoms with Gasteiger partial charge in [-0.15, -0.1) is 0 Å². The highest BCUT2D eigenvalue weighted by Crippen LogP contribution is 2.21. The Labute approximate surface area is 114 Å². The average Bonchev–Trinajstić information content (AvgIpc) is 2.92. The third-order valence-electron chi connectivity index (χ3n) is 2.40. The predicted octanol–water partition coefficient (Wildman–Crippen LogP) is 1.82. The first-order valence-corrected chi connectivity index (χ1v) is 7.67. The number of nitrogens with zero attached hydrogens (tertiary/aromatic N) is 1. The van der Waals surface area contributed by atoms with Gasteiger partial charge in [0.05, 0.1) is 11.0 Å². The molecule has 0 saturated carbocycles. The minimum absolute atomic E-state index is 0.0691. The van der Waals surface area contributed by atoms with Gasteiger partial charge in [0, 0.05) is 12.7 Å². The van der Waals surface area contributed by atoms with E-state index in [2.05, 4.69) is 30.8 Å². The van der Waals surface area contributed by atoms with E-state index in [-0.39, 0.29) is 16.3 Å². The van der Waals surface area contributed by atoms with Crippen molar-refractivity contribution < 1.29 is 8.42 Å². The van der Waals surface area contributed by atoms with Crippen LogP contribution in [0.2, 0.25) is 0 Å². The number of H-pyrrole nitrogens is 1. The zero-order valence-electron chi connectivity index (χ0n) is 9.38. The average molecular weight is 330 g/mol. The molecule has 1 aromatic heterocycles. The summed E-state index contributed by atoms with van der Waals surface area (Å²) in [6, 6.07) is 9.61. The Balaban J connectivity index is 2.00. The van der Waals surface area contributed by atoms with Crippen LogP contribution in [0.3, 0.4) is 0 Å². The van der Waals surface area contributed by atoms with Crippen molar-refractivity contribution in [2.45, 2.75) is 9.72 Å². The third kappa shape index (κ3) is 3.18. The first-order chi connectivity index (χ1) is 8.59. The van der Waals surface area contributed by atoms with E-state index < -0.39 is 10.0 Å². The number of sulfonamides is 1. The number of hydrogen-bond donors (Lipinski definition) is 2. The lowest BCUT2D eigenvalue weighted by molar-refractivity contribution is 0.581. The number of halogens is 1. The molecule has 0 spiro atoms. The second-order valence-corrected chi connectivity index (χ2v) is 6.54. The fourth-order valence-corrected chi connectivity index (χ4v) is 3.07. The highest BCUT2D eigenvalue weighted by atomic mass is 79.9. The van der Waals surface area contributed by atoms with Gasteiger partial charge in [0.1, 0.15) is 4.90 Å². The summed E-state index contributed by atoms with van der Waals surface area (Å²) < 4.78 is 26.2. The number of benzene rings is 1. The minimum atomic E-state index is -3.49. The van der Waals surface area contributed by atoms with Crippen molar-refractivity contribution in [1.82, 2.24) is 14.9 Å². The zero-order chi connectivity index (χ0) is 13.0. The molecule has 2 aromatic rings. The Morgan fingerprint density at radius 2 is 2.06 bits per heavy atom. The van der Waals surface area contributed by atoms with Crippen molar-refractivity contribution in [3.05, 3.63) is 48.3 Å². The molecule has 0 aliphatic rings. The van der Waals surface area contributed by atoms with Crippen LogP contribution >= 0.6 is 15.9 Å². The lowest BCUT2D eigenvalue weighted by Crippen LogP contribution is -2.26.